The maximum atomic E-state index is 11.0. The topological polar surface area (TPSA) is 93.8 Å². The van der Waals surface area contributed by atoms with Crippen molar-refractivity contribution in [3.05, 3.63) is 90.3 Å². The van der Waals surface area contributed by atoms with Gasteiger partial charge in [0.2, 0.25) is 5.89 Å². The molecule has 1 heterocycles. The molecule has 1 unspecified atom stereocenters. The van der Waals surface area contributed by atoms with E-state index in [2.05, 4.69) is 10.3 Å². The van der Waals surface area contributed by atoms with Crippen LogP contribution in [0.5, 0.6) is 11.5 Å². The standard InChI is InChI=1S/C26H26N2O5/c29-26(30)19-8-6-11-21(18-19)31-17-7-15-27-16-14-24(32-20-9-2-1-3-10-20)25-28-22-12-4-5-13-23(22)33-25/h1-6,8-13,18,24,27H,7,14-17H2,(H,29,30). The summed E-state index contributed by atoms with van der Waals surface area (Å²) < 4.78 is 17.8. The largest absolute Gasteiger partial charge is 0.494 e. The molecule has 0 aliphatic heterocycles. The molecule has 0 bridgehead atoms. The van der Waals surface area contributed by atoms with E-state index in [4.69, 9.17) is 19.0 Å². The number of aromatic carboxylic acids is 1. The van der Waals surface area contributed by atoms with Crippen LogP contribution in [0.15, 0.2) is 83.3 Å². The van der Waals surface area contributed by atoms with E-state index in [9.17, 15) is 4.79 Å². The fourth-order valence-electron chi connectivity index (χ4n) is 3.39. The van der Waals surface area contributed by atoms with E-state index < -0.39 is 5.97 Å². The van der Waals surface area contributed by atoms with E-state index in [1.165, 1.54) is 6.07 Å². The minimum absolute atomic E-state index is 0.217. The number of ether oxygens (including phenoxy) is 2. The molecule has 0 spiro atoms. The van der Waals surface area contributed by atoms with Gasteiger partial charge in [-0.15, -0.1) is 0 Å². The van der Waals surface area contributed by atoms with Crippen LogP contribution in [0.25, 0.3) is 11.1 Å². The summed E-state index contributed by atoms with van der Waals surface area (Å²) >= 11 is 0. The summed E-state index contributed by atoms with van der Waals surface area (Å²) in [5.74, 6) is 0.917. The van der Waals surface area contributed by atoms with Crippen molar-refractivity contribution in [2.75, 3.05) is 19.7 Å². The van der Waals surface area contributed by atoms with Gasteiger partial charge in [-0.1, -0.05) is 36.4 Å². The van der Waals surface area contributed by atoms with Gasteiger partial charge >= 0.3 is 5.97 Å². The molecule has 2 N–H and O–H groups in total. The molecule has 33 heavy (non-hydrogen) atoms. The quantitative estimate of drug-likeness (QED) is 0.293. The van der Waals surface area contributed by atoms with E-state index >= 15 is 0 Å². The Kier molecular flexibility index (Phi) is 7.56. The van der Waals surface area contributed by atoms with Crippen molar-refractivity contribution in [2.24, 2.45) is 0 Å². The number of oxazole rings is 1. The Morgan fingerprint density at radius 2 is 1.76 bits per heavy atom. The number of carboxylic acid groups (broad SMARTS) is 1. The van der Waals surface area contributed by atoms with Crippen molar-refractivity contribution in [3.8, 4) is 11.5 Å². The second kappa shape index (κ2) is 11.2. The minimum atomic E-state index is -0.965. The maximum absolute atomic E-state index is 11.0. The predicted molar refractivity (Wildman–Crippen MR) is 125 cm³/mol. The van der Waals surface area contributed by atoms with Crippen molar-refractivity contribution < 1.29 is 23.8 Å². The molecule has 1 atom stereocenters. The molecule has 7 nitrogen and oxygen atoms in total. The molecule has 4 rings (SSSR count). The summed E-state index contributed by atoms with van der Waals surface area (Å²) in [6.07, 6.45) is 1.15. The lowest BCUT2D eigenvalue weighted by Crippen LogP contribution is -2.22. The normalized spacial score (nSPS) is 11.9. The molecule has 0 amide bonds. The highest BCUT2D eigenvalue weighted by molar-refractivity contribution is 5.88. The maximum Gasteiger partial charge on any atom is 0.335 e. The molecule has 0 radical (unpaired) electrons. The molecule has 3 aromatic carbocycles. The van der Waals surface area contributed by atoms with Gasteiger partial charge in [-0.05, 0) is 62.0 Å². The monoisotopic (exact) mass is 446 g/mol. The Hall–Kier alpha value is -3.84. The molecule has 1 aromatic heterocycles. The number of fused-ring (bicyclic) bond motifs is 1. The van der Waals surface area contributed by atoms with Gasteiger partial charge in [0.1, 0.15) is 17.0 Å². The third kappa shape index (κ3) is 6.33. The lowest BCUT2D eigenvalue weighted by atomic mass is 10.2. The summed E-state index contributed by atoms with van der Waals surface area (Å²) in [5.41, 5.74) is 1.77. The summed E-state index contributed by atoms with van der Waals surface area (Å²) in [7, 11) is 0. The van der Waals surface area contributed by atoms with E-state index in [-0.39, 0.29) is 11.7 Å². The molecular formula is C26H26N2O5. The summed E-state index contributed by atoms with van der Waals surface area (Å²) in [5, 5.41) is 12.4. The first-order chi connectivity index (χ1) is 16.2. The predicted octanol–water partition coefficient (Wildman–Crippen LogP) is 5.09. The number of rotatable bonds is 12. The number of para-hydroxylation sites is 3. The number of nitrogens with one attached hydrogen (secondary N) is 1. The highest BCUT2D eigenvalue weighted by Crippen LogP contribution is 2.27. The molecule has 0 saturated heterocycles. The van der Waals surface area contributed by atoms with Crippen LogP contribution in [0.3, 0.4) is 0 Å². The van der Waals surface area contributed by atoms with Gasteiger partial charge in [0.05, 0.1) is 12.2 Å². The molecule has 0 fully saturated rings. The molecule has 7 heteroatoms. The van der Waals surface area contributed by atoms with Gasteiger partial charge in [0.25, 0.3) is 0 Å². The van der Waals surface area contributed by atoms with Crippen LogP contribution in [-0.4, -0.2) is 35.8 Å². The Morgan fingerprint density at radius 3 is 2.58 bits per heavy atom. The first-order valence-electron chi connectivity index (χ1n) is 10.9. The van der Waals surface area contributed by atoms with Crippen molar-refractivity contribution in [3.63, 3.8) is 0 Å². The van der Waals surface area contributed by atoms with Crippen LogP contribution in [0.2, 0.25) is 0 Å². The van der Waals surface area contributed by atoms with Crippen LogP contribution in [0, 0.1) is 0 Å². The average Bonchev–Trinajstić information content (AvgIpc) is 3.28. The fourth-order valence-corrected chi connectivity index (χ4v) is 3.39. The van der Waals surface area contributed by atoms with Crippen LogP contribution in [-0.2, 0) is 0 Å². The molecular weight excluding hydrogens is 420 g/mol. The number of aromatic nitrogens is 1. The van der Waals surface area contributed by atoms with Crippen LogP contribution < -0.4 is 14.8 Å². The van der Waals surface area contributed by atoms with E-state index in [1.54, 1.807) is 18.2 Å². The number of benzene rings is 3. The molecule has 4 aromatic rings. The lowest BCUT2D eigenvalue weighted by Gasteiger charge is -2.16. The van der Waals surface area contributed by atoms with Crippen LogP contribution >= 0.6 is 0 Å². The number of carbonyl (C=O) groups is 1. The van der Waals surface area contributed by atoms with Crippen molar-refractivity contribution >= 4 is 17.1 Å². The Labute approximate surface area is 192 Å². The summed E-state index contributed by atoms with van der Waals surface area (Å²) in [6.45, 7) is 1.96. The lowest BCUT2D eigenvalue weighted by molar-refractivity contribution is 0.0696. The van der Waals surface area contributed by atoms with Crippen molar-refractivity contribution in [1.82, 2.24) is 10.3 Å². The molecule has 170 valence electrons. The zero-order valence-corrected chi connectivity index (χ0v) is 18.1. The minimum Gasteiger partial charge on any atom is -0.494 e. The highest BCUT2D eigenvalue weighted by Gasteiger charge is 2.20. The van der Waals surface area contributed by atoms with E-state index in [0.29, 0.717) is 31.2 Å². The van der Waals surface area contributed by atoms with Gasteiger partial charge in [-0.25, -0.2) is 9.78 Å². The number of nitrogens with zero attached hydrogens (tertiary/aromatic N) is 1. The zero-order valence-electron chi connectivity index (χ0n) is 18.1. The molecule has 0 aliphatic carbocycles. The SMILES string of the molecule is O=C(O)c1cccc(OCCCNCCC(Oc2ccccc2)c2nc3ccccc3o2)c1. The average molecular weight is 447 g/mol. The van der Waals surface area contributed by atoms with E-state index in [1.807, 2.05) is 54.6 Å². The summed E-state index contributed by atoms with van der Waals surface area (Å²) in [6, 6.07) is 23.8. The second-order valence-electron chi connectivity index (χ2n) is 7.51. The number of hydrogen-bond donors (Lipinski definition) is 2. The Balaban J connectivity index is 1.26. The third-order valence-corrected chi connectivity index (χ3v) is 5.04. The second-order valence-corrected chi connectivity index (χ2v) is 7.51. The summed E-state index contributed by atoms with van der Waals surface area (Å²) in [4.78, 5) is 15.6. The molecule has 0 aliphatic rings. The molecule has 0 saturated carbocycles. The smallest absolute Gasteiger partial charge is 0.335 e. The van der Waals surface area contributed by atoms with Crippen molar-refractivity contribution in [2.45, 2.75) is 18.9 Å². The third-order valence-electron chi connectivity index (χ3n) is 5.04. The first-order valence-corrected chi connectivity index (χ1v) is 10.9. The zero-order chi connectivity index (χ0) is 22.9. The van der Waals surface area contributed by atoms with Crippen LogP contribution in [0.1, 0.15) is 35.2 Å². The first kappa shape index (κ1) is 22.4. The van der Waals surface area contributed by atoms with Gasteiger partial charge < -0.3 is 24.3 Å². The highest BCUT2D eigenvalue weighted by atomic mass is 16.5. The van der Waals surface area contributed by atoms with Gasteiger partial charge in [0.15, 0.2) is 11.7 Å². The number of carboxylic acids is 1. The van der Waals surface area contributed by atoms with Crippen molar-refractivity contribution in [1.29, 1.82) is 0 Å². The van der Waals surface area contributed by atoms with Gasteiger partial charge in [0, 0.05) is 6.42 Å². The fraction of sp³-hybridized carbons (Fsp3) is 0.231. The van der Waals surface area contributed by atoms with Gasteiger partial charge in [-0.3, -0.25) is 0 Å². The Bertz CT molecular complexity index is 1140. The Morgan fingerprint density at radius 1 is 0.970 bits per heavy atom. The number of hydrogen-bond acceptors (Lipinski definition) is 6. The van der Waals surface area contributed by atoms with E-state index in [0.717, 1.165) is 29.8 Å². The van der Waals surface area contributed by atoms with Gasteiger partial charge in [-0.2, -0.15) is 0 Å². The van der Waals surface area contributed by atoms with Crippen LogP contribution in [0.4, 0.5) is 0 Å².